The molecule has 0 saturated heterocycles. The number of nitrogens with one attached hydrogen (secondary N) is 2. The molecule has 0 fully saturated rings. The number of nitrogens with zero attached hydrogens (tertiary/aromatic N) is 1. The maximum absolute atomic E-state index is 12.6. The van der Waals surface area contributed by atoms with Gasteiger partial charge in [0.2, 0.25) is 0 Å². The maximum atomic E-state index is 12.6. The van der Waals surface area contributed by atoms with Gasteiger partial charge in [0.25, 0.3) is 25.7 Å². The topological polar surface area (TPSA) is 135 Å². The van der Waals surface area contributed by atoms with E-state index in [-0.39, 0.29) is 21.2 Å². The molecular formula is C19H16ClN3O6S2. The summed E-state index contributed by atoms with van der Waals surface area (Å²) < 4.78 is 54.9. The number of anilines is 2. The average Bonchev–Trinajstić information content (AvgIpc) is 2.71. The van der Waals surface area contributed by atoms with Gasteiger partial charge in [-0.15, -0.1) is 0 Å². The molecule has 0 amide bonds. The predicted molar refractivity (Wildman–Crippen MR) is 117 cm³/mol. The van der Waals surface area contributed by atoms with Gasteiger partial charge in [-0.05, 0) is 55.0 Å². The standard InChI is InChI=1S/C19H16ClN3O6S2/c1-13-5-6-14(20)11-19(13)22-30(26,27)17-9-7-15(8-10-17)21-31(28,29)18-4-2-3-16(12-18)23(24)25/h2-12,21-22H,1H3. The van der Waals surface area contributed by atoms with E-state index in [0.29, 0.717) is 16.3 Å². The second kappa shape index (κ2) is 8.53. The van der Waals surface area contributed by atoms with E-state index in [0.717, 1.165) is 6.07 Å². The molecule has 0 heterocycles. The maximum Gasteiger partial charge on any atom is 0.270 e. The van der Waals surface area contributed by atoms with Gasteiger partial charge < -0.3 is 0 Å². The normalized spacial score (nSPS) is 11.7. The van der Waals surface area contributed by atoms with Crippen LogP contribution in [0.5, 0.6) is 0 Å². The molecule has 3 aromatic carbocycles. The summed E-state index contributed by atoms with van der Waals surface area (Å²) in [7, 11) is -8.05. The minimum absolute atomic E-state index is 0.0874. The summed E-state index contributed by atoms with van der Waals surface area (Å²) in [4.78, 5) is 9.77. The highest BCUT2D eigenvalue weighted by molar-refractivity contribution is 7.93. The molecule has 31 heavy (non-hydrogen) atoms. The lowest BCUT2D eigenvalue weighted by atomic mass is 10.2. The van der Waals surface area contributed by atoms with Gasteiger partial charge in [-0.3, -0.25) is 19.6 Å². The van der Waals surface area contributed by atoms with Crippen LogP contribution in [0.2, 0.25) is 5.02 Å². The molecule has 0 radical (unpaired) electrons. The molecule has 0 saturated carbocycles. The Morgan fingerprint density at radius 1 is 0.839 bits per heavy atom. The van der Waals surface area contributed by atoms with Gasteiger partial charge in [-0.2, -0.15) is 0 Å². The van der Waals surface area contributed by atoms with Gasteiger partial charge in [0.15, 0.2) is 0 Å². The minimum atomic E-state index is -4.11. The second-order valence-electron chi connectivity index (χ2n) is 6.45. The lowest BCUT2D eigenvalue weighted by molar-refractivity contribution is -0.385. The highest BCUT2D eigenvalue weighted by Gasteiger charge is 2.19. The molecular weight excluding hydrogens is 466 g/mol. The second-order valence-corrected chi connectivity index (χ2v) is 10.3. The molecule has 0 aliphatic rings. The fourth-order valence-corrected chi connectivity index (χ4v) is 4.98. The summed E-state index contributed by atoms with van der Waals surface area (Å²) in [5.74, 6) is 0. The molecule has 0 unspecified atom stereocenters. The van der Waals surface area contributed by atoms with Crippen molar-refractivity contribution in [2.75, 3.05) is 9.44 Å². The van der Waals surface area contributed by atoms with Gasteiger partial charge >= 0.3 is 0 Å². The van der Waals surface area contributed by atoms with Crippen molar-refractivity contribution in [3.8, 4) is 0 Å². The molecule has 0 aliphatic carbocycles. The van der Waals surface area contributed by atoms with Crippen molar-refractivity contribution in [2.45, 2.75) is 16.7 Å². The molecule has 0 atom stereocenters. The quantitative estimate of drug-likeness (QED) is 0.384. The molecule has 162 valence electrons. The Bertz CT molecular complexity index is 1360. The largest absolute Gasteiger partial charge is 0.280 e. The molecule has 0 aliphatic heterocycles. The Morgan fingerprint density at radius 2 is 1.48 bits per heavy atom. The molecule has 12 heteroatoms. The van der Waals surface area contributed by atoms with Gasteiger partial charge in [0.05, 0.1) is 20.4 Å². The van der Waals surface area contributed by atoms with Crippen molar-refractivity contribution in [1.82, 2.24) is 0 Å². The number of aryl methyl sites for hydroxylation is 1. The zero-order valence-corrected chi connectivity index (χ0v) is 18.3. The number of nitro benzene ring substituents is 1. The fraction of sp³-hybridized carbons (Fsp3) is 0.0526. The van der Waals surface area contributed by atoms with E-state index in [1.54, 1.807) is 19.1 Å². The number of halogens is 1. The third-order valence-electron chi connectivity index (χ3n) is 4.20. The molecule has 0 bridgehead atoms. The Balaban J connectivity index is 1.82. The Morgan fingerprint density at radius 3 is 2.13 bits per heavy atom. The van der Waals surface area contributed by atoms with Crippen LogP contribution in [0, 0.1) is 17.0 Å². The van der Waals surface area contributed by atoms with Crippen molar-refractivity contribution < 1.29 is 21.8 Å². The monoisotopic (exact) mass is 481 g/mol. The predicted octanol–water partition coefficient (Wildman–Crippen LogP) is 4.16. The first-order valence-corrected chi connectivity index (χ1v) is 12.0. The van der Waals surface area contributed by atoms with Crippen molar-refractivity contribution in [2.24, 2.45) is 0 Å². The first kappa shape index (κ1) is 22.5. The number of sulfonamides is 2. The number of hydrogen-bond donors (Lipinski definition) is 2. The molecule has 0 aromatic heterocycles. The molecule has 9 nitrogen and oxygen atoms in total. The molecule has 3 rings (SSSR count). The van der Waals surface area contributed by atoms with Crippen LogP contribution in [0.15, 0.2) is 76.5 Å². The van der Waals surface area contributed by atoms with Gasteiger partial charge in [-0.1, -0.05) is 23.7 Å². The zero-order valence-electron chi connectivity index (χ0n) is 15.9. The van der Waals surface area contributed by atoms with E-state index in [2.05, 4.69) is 9.44 Å². The van der Waals surface area contributed by atoms with Gasteiger partial charge in [0, 0.05) is 22.8 Å². The first-order chi connectivity index (χ1) is 14.5. The fourth-order valence-electron chi connectivity index (χ4n) is 2.59. The Hall–Kier alpha value is -3.15. The van der Waals surface area contributed by atoms with E-state index < -0.39 is 25.0 Å². The Kier molecular flexibility index (Phi) is 6.20. The zero-order chi connectivity index (χ0) is 22.8. The molecule has 0 spiro atoms. The van der Waals surface area contributed by atoms with E-state index in [9.17, 15) is 26.9 Å². The van der Waals surface area contributed by atoms with E-state index in [4.69, 9.17) is 11.6 Å². The first-order valence-electron chi connectivity index (χ1n) is 8.64. The SMILES string of the molecule is Cc1ccc(Cl)cc1NS(=O)(=O)c1ccc(NS(=O)(=O)c2cccc([N+](=O)[O-])c2)cc1. The van der Waals surface area contributed by atoms with Crippen molar-refractivity contribution in [3.63, 3.8) is 0 Å². The highest BCUT2D eigenvalue weighted by Crippen LogP contribution is 2.25. The number of non-ortho nitro benzene ring substituents is 1. The smallest absolute Gasteiger partial charge is 0.270 e. The lowest BCUT2D eigenvalue weighted by Gasteiger charge is -2.12. The van der Waals surface area contributed by atoms with Crippen LogP contribution in [-0.2, 0) is 20.0 Å². The molecule has 3 aromatic rings. The van der Waals surface area contributed by atoms with Crippen molar-refractivity contribution >= 4 is 48.7 Å². The van der Waals surface area contributed by atoms with Gasteiger partial charge in [-0.25, -0.2) is 16.8 Å². The van der Waals surface area contributed by atoms with Crippen LogP contribution in [-0.4, -0.2) is 21.8 Å². The lowest BCUT2D eigenvalue weighted by Crippen LogP contribution is -2.15. The van der Waals surface area contributed by atoms with E-state index in [1.165, 1.54) is 48.5 Å². The van der Waals surface area contributed by atoms with Crippen LogP contribution >= 0.6 is 11.6 Å². The van der Waals surface area contributed by atoms with Crippen LogP contribution < -0.4 is 9.44 Å². The van der Waals surface area contributed by atoms with Crippen LogP contribution in [0.3, 0.4) is 0 Å². The van der Waals surface area contributed by atoms with E-state index >= 15 is 0 Å². The van der Waals surface area contributed by atoms with Crippen LogP contribution in [0.1, 0.15) is 5.56 Å². The number of rotatable bonds is 7. The third-order valence-corrected chi connectivity index (χ3v) is 7.19. The van der Waals surface area contributed by atoms with Crippen LogP contribution in [0.4, 0.5) is 17.1 Å². The van der Waals surface area contributed by atoms with Crippen LogP contribution in [0.25, 0.3) is 0 Å². The number of benzene rings is 3. The number of nitro groups is 1. The third kappa shape index (κ3) is 5.32. The summed E-state index contributed by atoms with van der Waals surface area (Å²) in [6.07, 6.45) is 0. The summed E-state index contributed by atoms with van der Waals surface area (Å²) in [5, 5.41) is 11.2. The summed E-state index contributed by atoms with van der Waals surface area (Å²) in [6, 6.07) is 14.4. The summed E-state index contributed by atoms with van der Waals surface area (Å²) in [5.41, 5.74) is 0.716. The summed E-state index contributed by atoms with van der Waals surface area (Å²) >= 11 is 5.91. The highest BCUT2D eigenvalue weighted by atomic mass is 35.5. The van der Waals surface area contributed by atoms with Crippen molar-refractivity contribution in [1.29, 1.82) is 0 Å². The average molecular weight is 482 g/mol. The molecule has 2 N–H and O–H groups in total. The number of hydrogen-bond acceptors (Lipinski definition) is 6. The minimum Gasteiger partial charge on any atom is -0.280 e. The van der Waals surface area contributed by atoms with Crippen molar-refractivity contribution in [3.05, 3.63) is 87.4 Å². The van der Waals surface area contributed by atoms with E-state index in [1.807, 2.05) is 0 Å². The Labute approximate surface area is 183 Å². The summed E-state index contributed by atoms with van der Waals surface area (Å²) in [6.45, 7) is 1.72. The van der Waals surface area contributed by atoms with Gasteiger partial charge in [0.1, 0.15) is 0 Å².